The van der Waals surface area contributed by atoms with Crippen molar-refractivity contribution in [1.82, 2.24) is 10.3 Å². The van der Waals surface area contributed by atoms with Crippen molar-refractivity contribution in [2.45, 2.75) is 32.8 Å². The largest absolute Gasteiger partial charge is 0.444 e. The number of alkyl carbamates (subject to hydrolysis) is 1. The lowest BCUT2D eigenvalue weighted by Gasteiger charge is -2.19. The number of hydrogen-bond donors (Lipinski definition) is 1. The summed E-state index contributed by atoms with van der Waals surface area (Å²) in [6, 6.07) is 3.72. The van der Waals surface area contributed by atoms with Gasteiger partial charge in [-0.25, -0.2) is 9.78 Å². The average molecular weight is 325 g/mol. The van der Waals surface area contributed by atoms with E-state index in [9.17, 15) is 4.79 Å². The van der Waals surface area contributed by atoms with E-state index in [1.807, 2.05) is 32.9 Å². The Morgan fingerprint density at radius 3 is 2.79 bits per heavy atom. The Morgan fingerprint density at radius 1 is 1.47 bits per heavy atom. The molecule has 19 heavy (non-hydrogen) atoms. The van der Waals surface area contributed by atoms with E-state index in [1.165, 1.54) is 0 Å². The van der Waals surface area contributed by atoms with Crippen LogP contribution in [0.15, 0.2) is 22.8 Å². The zero-order valence-electron chi connectivity index (χ0n) is 11.3. The monoisotopic (exact) mass is 324 g/mol. The Kier molecular flexibility index (Phi) is 5.84. The van der Waals surface area contributed by atoms with Crippen LogP contribution in [0.3, 0.4) is 0 Å². The van der Waals surface area contributed by atoms with E-state index in [0.717, 1.165) is 4.47 Å². The lowest BCUT2D eigenvalue weighted by Crippen LogP contribution is -2.32. The summed E-state index contributed by atoms with van der Waals surface area (Å²) in [5, 5.41) is 2.64. The number of aromatic nitrogens is 1. The van der Waals surface area contributed by atoms with Gasteiger partial charge in [-0.05, 0) is 54.8 Å². The fourth-order valence-electron chi connectivity index (χ4n) is 1.14. The Bertz CT molecular complexity index is 481. The van der Waals surface area contributed by atoms with Crippen LogP contribution in [-0.2, 0) is 4.74 Å². The van der Waals surface area contributed by atoms with Crippen LogP contribution in [0, 0.1) is 11.8 Å². The molecular formula is C14H17BrN2O2. The van der Waals surface area contributed by atoms with Gasteiger partial charge in [-0.2, -0.15) is 0 Å². The van der Waals surface area contributed by atoms with Gasteiger partial charge in [-0.3, -0.25) is 0 Å². The second-order valence-electron chi connectivity index (χ2n) is 4.84. The molecule has 0 aliphatic rings. The van der Waals surface area contributed by atoms with Gasteiger partial charge in [0.2, 0.25) is 0 Å². The molecule has 1 amide bonds. The molecule has 1 heterocycles. The van der Waals surface area contributed by atoms with E-state index in [1.54, 1.807) is 6.20 Å². The number of hydrogen-bond acceptors (Lipinski definition) is 3. The van der Waals surface area contributed by atoms with Crippen LogP contribution >= 0.6 is 15.9 Å². The molecule has 5 heteroatoms. The van der Waals surface area contributed by atoms with Crippen LogP contribution in [0.25, 0.3) is 0 Å². The molecule has 0 bridgehead atoms. The van der Waals surface area contributed by atoms with Crippen LogP contribution in [0.5, 0.6) is 0 Å². The van der Waals surface area contributed by atoms with Crippen molar-refractivity contribution in [3.05, 3.63) is 28.5 Å². The number of amides is 1. The number of carbonyl (C=O) groups is 1. The molecule has 0 aromatic carbocycles. The normalized spacial score (nSPS) is 10.3. The van der Waals surface area contributed by atoms with Crippen LogP contribution in [0.1, 0.15) is 32.9 Å². The molecule has 1 aromatic rings. The highest BCUT2D eigenvalue weighted by Crippen LogP contribution is 2.07. The van der Waals surface area contributed by atoms with E-state index in [-0.39, 0.29) is 0 Å². The fourth-order valence-corrected chi connectivity index (χ4v) is 1.38. The molecule has 0 atom stereocenters. The summed E-state index contributed by atoms with van der Waals surface area (Å²) < 4.78 is 6.02. The van der Waals surface area contributed by atoms with Gasteiger partial charge < -0.3 is 10.1 Å². The van der Waals surface area contributed by atoms with Gasteiger partial charge in [-0.1, -0.05) is 5.92 Å². The zero-order chi connectivity index (χ0) is 14.3. The lowest BCUT2D eigenvalue weighted by molar-refractivity contribution is 0.0529. The van der Waals surface area contributed by atoms with Crippen molar-refractivity contribution in [3.63, 3.8) is 0 Å². The Morgan fingerprint density at radius 2 is 2.21 bits per heavy atom. The fraction of sp³-hybridized carbons (Fsp3) is 0.429. The maximum atomic E-state index is 11.3. The van der Waals surface area contributed by atoms with Crippen molar-refractivity contribution in [2.75, 3.05) is 6.54 Å². The summed E-state index contributed by atoms with van der Waals surface area (Å²) in [5.74, 6) is 5.86. The van der Waals surface area contributed by atoms with Gasteiger partial charge in [-0.15, -0.1) is 0 Å². The van der Waals surface area contributed by atoms with Crippen LogP contribution in [0.2, 0.25) is 0 Å². The first-order chi connectivity index (χ1) is 8.87. The predicted octanol–water partition coefficient (Wildman–Crippen LogP) is 3.11. The molecule has 1 rings (SSSR count). The van der Waals surface area contributed by atoms with Crippen molar-refractivity contribution >= 4 is 22.0 Å². The zero-order valence-corrected chi connectivity index (χ0v) is 12.9. The number of rotatable bonds is 2. The first kappa shape index (κ1) is 15.5. The second-order valence-corrected chi connectivity index (χ2v) is 5.76. The maximum absolute atomic E-state index is 11.3. The summed E-state index contributed by atoms with van der Waals surface area (Å²) >= 11 is 3.31. The van der Waals surface area contributed by atoms with Gasteiger partial charge in [0, 0.05) is 23.6 Å². The molecule has 1 aromatic heterocycles. The van der Waals surface area contributed by atoms with Crippen LogP contribution in [-0.4, -0.2) is 23.2 Å². The molecule has 4 nitrogen and oxygen atoms in total. The number of pyridine rings is 1. The highest BCUT2D eigenvalue weighted by molar-refractivity contribution is 9.10. The predicted molar refractivity (Wildman–Crippen MR) is 77.7 cm³/mol. The molecular weight excluding hydrogens is 308 g/mol. The first-order valence-electron chi connectivity index (χ1n) is 5.94. The first-order valence-corrected chi connectivity index (χ1v) is 6.73. The van der Waals surface area contributed by atoms with E-state index in [4.69, 9.17) is 4.74 Å². The van der Waals surface area contributed by atoms with Crippen LogP contribution in [0.4, 0.5) is 4.79 Å². The number of ether oxygens (including phenoxy) is 1. The molecule has 0 fully saturated rings. The third kappa shape index (κ3) is 7.47. The van der Waals surface area contributed by atoms with Crippen molar-refractivity contribution in [2.24, 2.45) is 0 Å². The second kappa shape index (κ2) is 7.15. The number of nitrogens with zero attached hydrogens (tertiary/aromatic N) is 1. The standard InChI is InChI=1S/C14H17BrN2O2/c1-14(2,3)19-13(18)16-9-5-4-6-12-8-7-11(15)10-17-12/h7-8,10H,5,9H2,1-3H3,(H,16,18). The van der Waals surface area contributed by atoms with Gasteiger partial charge in [0.05, 0.1) is 0 Å². The van der Waals surface area contributed by atoms with E-state index in [0.29, 0.717) is 18.7 Å². The summed E-state index contributed by atoms with van der Waals surface area (Å²) in [7, 11) is 0. The highest BCUT2D eigenvalue weighted by atomic mass is 79.9. The molecule has 0 saturated carbocycles. The molecule has 0 spiro atoms. The quantitative estimate of drug-likeness (QED) is 0.671. The summed E-state index contributed by atoms with van der Waals surface area (Å²) in [6.45, 7) is 5.93. The smallest absolute Gasteiger partial charge is 0.407 e. The lowest BCUT2D eigenvalue weighted by atomic mass is 10.2. The topological polar surface area (TPSA) is 51.2 Å². The number of carbonyl (C=O) groups excluding carboxylic acids is 1. The van der Waals surface area contributed by atoms with Crippen molar-refractivity contribution in [1.29, 1.82) is 0 Å². The van der Waals surface area contributed by atoms with E-state index >= 15 is 0 Å². The summed E-state index contributed by atoms with van der Waals surface area (Å²) in [6.07, 6.45) is 1.83. The van der Waals surface area contributed by atoms with Gasteiger partial charge in [0.1, 0.15) is 11.3 Å². The minimum absolute atomic E-state index is 0.420. The van der Waals surface area contributed by atoms with Crippen molar-refractivity contribution < 1.29 is 9.53 Å². The Hall–Kier alpha value is -1.54. The SMILES string of the molecule is CC(C)(C)OC(=O)NCCC#Cc1ccc(Br)cn1. The molecule has 0 aliphatic carbocycles. The third-order valence-corrected chi connectivity index (χ3v) is 2.33. The minimum Gasteiger partial charge on any atom is -0.444 e. The van der Waals surface area contributed by atoms with Crippen LogP contribution < -0.4 is 5.32 Å². The molecule has 0 unspecified atom stereocenters. The summed E-state index contributed by atoms with van der Waals surface area (Å²) in [4.78, 5) is 15.5. The molecule has 0 aliphatic heterocycles. The van der Waals surface area contributed by atoms with Gasteiger partial charge in [0.15, 0.2) is 0 Å². The number of halogens is 1. The molecule has 0 radical (unpaired) electrons. The number of nitrogens with one attached hydrogen (secondary N) is 1. The van der Waals surface area contributed by atoms with E-state index < -0.39 is 11.7 Å². The average Bonchev–Trinajstić information content (AvgIpc) is 2.29. The van der Waals surface area contributed by atoms with Crippen molar-refractivity contribution in [3.8, 4) is 11.8 Å². The van der Waals surface area contributed by atoms with Gasteiger partial charge in [0.25, 0.3) is 0 Å². The maximum Gasteiger partial charge on any atom is 0.407 e. The Balaban J connectivity index is 2.28. The highest BCUT2D eigenvalue weighted by Gasteiger charge is 2.15. The van der Waals surface area contributed by atoms with E-state index in [2.05, 4.69) is 38.1 Å². The Labute approximate surface area is 122 Å². The van der Waals surface area contributed by atoms with Gasteiger partial charge >= 0.3 is 6.09 Å². The molecule has 0 saturated heterocycles. The third-order valence-electron chi connectivity index (χ3n) is 1.86. The minimum atomic E-state index is -0.475. The molecule has 102 valence electrons. The summed E-state index contributed by atoms with van der Waals surface area (Å²) in [5.41, 5.74) is 0.234. The molecule has 1 N–H and O–H groups in total.